The zero-order valence-electron chi connectivity index (χ0n) is 11.5. The molecule has 1 aliphatic heterocycles. The lowest BCUT2D eigenvalue weighted by Crippen LogP contribution is -2.59. The number of rotatable bonds is 7. The van der Waals surface area contributed by atoms with Gasteiger partial charge in [0.05, 0.1) is 5.75 Å². The summed E-state index contributed by atoms with van der Waals surface area (Å²) in [5.74, 6) is -1.61. The number of hydrogen-bond acceptors (Lipinski definition) is 5. The standard InChI is InChI=1S/C11H21N3O5S/c1-2-13-11(17)9-8-12-5-6-14(9)20(18,19)7-3-4-10(15)16/h9,12H,2-8H2,1H3,(H,13,17)(H,15,16). The third-order valence-electron chi connectivity index (χ3n) is 3.00. The second-order valence-corrected chi connectivity index (χ2v) is 6.58. The molecule has 1 aliphatic rings. The molecular weight excluding hydrogens is 286 g/mol. The van der Waals surface area contributed by atoms with Crippen molar-refractivity contribution in [2.24, 2.45) is 0 Å². The molecule has 9 heteroatoms. The molecule has 0 bridgehead atoms. The van der Waals surface area contributed by atoms with Gasteiger partial charge in [-0.25, -0.2) is 8.42 Å². The van der Waals surface area contributed by atoms with Crippen LogP contribution in [0.5, 0.6) is 0 Å². The molecule has 1 unspecified atom stereocenters. The first-order valence-electron chi connectivity index (χ1n) is 6.58. The van der Waals surface area contributed by atoms with Crippen LogP contribution in [0.3, 0.4) is 0 Å². The molecule has 1 saturated heterocycles. The fourth-order valence-corrected chi connectivity index (χ4v) is 3.73. The minimum Gasteiger partial charge on any atom is -0.481 e. The molecule has 0 aromatic rings. The van der Waals surface area contributed by atoms with Crippen molar-refractivity contribution in [3.05, 3.63) is 0 Å². The van der Waals surface area contributed by atoms with Crippen molar-refractivity contribution in [3.63, 3.8) is 0 Å². The highest BCUT2D eigenvalue weighted by atomic mass is 32.2. The van der Waals surface area contributed by atoms with Crippen LogP contribution in [0.2, 0.25) is 0 Å². The van der Waals surface area contributed by atoms with Crippen molar-refractivity contribution in [1.29, 1.82) is 0 Å². The Labute approximate surface area is 118 Å². The number of piperazine rings is 1. The highest BCUT2D eigenvalue weighted by molar-refractivity contribution is 7.89. The van der Waals surface area contributed by atoms with E-state index in [-0.39, 0.29) is 37.6 Å². The van der Waals surface area contributed by atoms with Crippen LogP contribution in [0.4, 0.5) is 0 Å². The number of amides is 1. The first kappa shape index (κ1) is 16.9. The van der Waals surface area contributed by atoms with Crippen molar-refractivity contribution in [2.45, 2.75) is 25.8 Å². The maximum atomic E-state index is 12.2. The summed E-state index contributed by atoms with van der Waals surface area (Å²) < 4.78 is 25.6. The predicted octanol–water partition coefficient (Wildman–Crippen LogP) is -1.41. The Morgan fingerprint density at radius 2 is 2.15 bits per heavy atom. The van der Waals surface area contributed by atoms with Crippen LogP contribution >= 0.6 is 0 Å². The van der Waals surface area contributed by atoms with Gasteiger partial charge in [0.15, 0.2) is 0 Å². The number of hydrogen-bond donors (Lipinski definition) is 3. The normalized spacial score (nSPS) is 20.6. The van der Waals surface area contributed by atoms with E-state index in [2.05, 4.69) is 10.6 Å². The molecule has 0 aromatic carbocycles. The molecule has 0 aliphatic carbocycles. The molecule has 1 heterocycles. The predicted molar refractivity (Wildman–Crippen MR) is 72.7 cm³/mol. The van der Waals surface area contributed by atoms with E-state index in [1.54, 1.807) is 6.92 Å². The van der Waals surface area contributed by atoms with Crippen molar-refractivity contribution >= 4 is 21.9 Å². The van der Waals surface area contributed by atoms with Crippen LogP contribution in [0.1, 0.15) is 19.8 Å². The zero-order valence-corrected chi connectivity index (χ0v) is 12.3. The molecule has 3 N–H and O–H groups in total. The Balaban J connectivity index is 2.72. The van der Waals surface area contributed by atoms with Gasteiger partial charge in [-0.1, -0.05) is 0 Å². The fraction of sp³-hybridized carbons (Fsp3) is 0.818. The highest BCUT2D eigenvalue weighted by Gasteiger charge is 2.36. The Bertz CT molecular complexity index is 451. The minimum absolute atomic E-state index is 0.0453. The molecule has 0 aromatic heterocycles. The second-order valence-electron chi connectivity index (χ2n) is 4.54. The summed E-state index contributed by atoms with van der Waals surface area (Å²) >= 11 is 0. The van der Waals surface area contributed by atoms with Crippen LogP contribution < -0.4 is 10.6 Å². The highest BCUT2D eigenvalue weighted by Crippen LogP contribution is 2.12. The molecule has 1 amide bonds. The Morgan fingerprint density at radius 1 is 1.45 bits per heavy atom. The quantitative estimate of drug-likeness (QED) is 0.532. The number of carbonyl (C=O) groups is 2. The Hall–Kier alpha value is -1.19. The van der Waals surface area contributed by atoms with Crippen molar-refractivity contribution in [1.82, 2.24) is 14.9 Å². The van der Waals surface area contributed by atoms with E-state index in [0.717, 1.165) is 0 Å². The summed E-state index contributed by atoms with van der Waals surface area (Å²) in [5.41, 5.74) is 0. The molecule has 0 saturated carbocycles. The van der Waals surface area contributed by atoms with E-state index in [1.165, 1.54) is 4.31 Å². The molecule has 0 spiro atoms. The van der Waals surface area contributed by atoms with Crippen molar-refractivity contribution in [2.75, 3.05) is 31.9 Å². The molecule has 116 valence electrons. The number of carboxylic acid groups (broad SMARTS) is 1. The van der Waals surface area contributed by atoms with Gasteiger partial charge in [0.2, 0.25) is 15.9 Å². The van der Waals surface area contributed by atoms with E-state index in [0.29, 0.717) is 13.1 Å². The monoisotopic (exact) mass is 307 g/mol. The number of likely N-dealkylation sites (N-methyl/N-ethyl adjacent to an activating group) is 1. The molecule has 20 heavy (non-hydrogen) atoms. The van der Waals surface area contributed by atoms with Gasteiger partial charge in [-0.05, 0) is 13.3 Å². The maximum Gasteiger partial charge on any atom is 0.303 e. The van der Waals surface area contributed by atoms with E-state index in [1.807, 2.05) is 0 Å². The van der Waals surface area contributed by atoms with Crippen LogP contribution in [0.15, 0.2) is 0 Å². The van der Waals surface area contributed by atoms with Gasteiger partial charge >= 0.3 is 5.97 Å². The topological polar surface area (TPSA) is 116 Å². The van der Waals surface area contributed by atoms with Gasteiger partial charge in [-0.15, -0.1) is 0 Å². The zero-order chi connectivity index (χ0) is 15.2. The third-order valence-corrected chi connectivity index (χ3v) is 4.95. The summed E-state index contributed by atoms with van der Waals surface area (Å²) in [6.07, 6.45) is -0.152. The number of carboxylic acids is 1. The van der Waals surface area contributed by atoms with Crippen LogP contribution in [-0.4, -0.2) is 67.7 Å². The number of sulfonamides is 1. The van der Waals surface area contributed by atoms with Crippen LogP contribution in [0.25, 0.3) is 0 Å². The molecular formula is C11H21N3O5S. The SMILES string of the molecule is CCNC(=O)C1CNCCN1S(=O)(=O)CCCC(=O)O. The largest absolute Gasteiger partial charge is 0.481 e. The summed E-state index contributed by atoms with van der Waals surface area (Å²) in [5, 5.41) is 14.2. The number of nitrogens with one attached hydrogen (secondary N) is 2. The van der Waals surface area contributed by atoms with Gasteiger partial charge in [0.1, 0.15) is 6.04 Å². The van der Waals surface area contributed by atoms with E-state index in [4.69, 9.17) is 5.11 Å². The van der Waals surface area contributed by atoms with Gasteiger partial charge in [0.25, 0.3) is 0 Å². The Morgan fingerprint density at radius 3 is 2.75 bits per heavy atom. The lowest BCUT2D eigenvalue weighted by Gasteiger charge is -2.34. The number of nitrogens with zero attached hydrogens (tertiary/aromatic N) is 1. The second kappa shape index (κ2) is 7.55. The van der Waals surface area contributed by atoms with Crippen molar-refractivity contribution < 1.29 is 23.1 Å². The average molecular weight is 307 g/mol. The maximum absolute atomic E-state index is 12.2. The van der Waals surface area contributed by atoms with E-state index < -0.39 is 22.0 Å². The minimum atomic E-state index is -3.62. The van der Waals surface area contributed by atoms with Gasteiger partial charge in [0, 0.05) is 32.6 Å². The first-order chi connectivity index (χ1) is 9.38. The molecule has 1 atom stereocenters. The smallest absolute Gasteiger partial charge is 0.303 e. The third kappa shape index (κ3) is 4.73. The molecule has 0 radical (unpaired) electrons. The summed E-state index contributed by atoms with van der Waals surface area (Å²) in [6, 6.07) is -0.765. The first-order valence-corrected chi connectivity index (χ1v) is 8.19. The summed E-state index contributed by atoms with van der Waals surface area (Å²) in [7, 11) is -3.62. The Kier molecular flexibility index (Phi) is 6.37. The van der Waals surface area contributed by atoms with Crippen LogP contribution in [0, 0.1) is 0 Å². The summed E-state index contributed by atoms with van der Waals surface area (Å²) in [4.78, 5) is 22.3. The number of carbonyl (C=O) groups excluding carboxylic acids is 1. The van der Waals surface area contributed by atoms with E-state index >= 15 is 0 Å². The molecule has 1 fully saturated rings. The number of aliphatic carboxylic acids is 1. The lowest BCUT2D eigenvalue weighted by atomic mass is 10.2. The van der Waals surface area contributed by atoms with Crippen molar-refractivity contribution in [3.8, 4) is 0 Å². The van der Waals surface area contributed by atoms with E-state index in [9.17, 15) is 18.0 Å². The van der Waals surface area contributed by atoms with Gasteiger partial charge in [-0.2, -0.15) is 4.31 Å². The molecule has 8 nitrogen and oxygen atoms in total. The molecule has 1 rings (SSSR count). The van der Waals surface area contributed by atoms with Gasteiger partial charge < -0.3 is 15.7 Å². The average Bonchev–Trinajstić information content (AvgIpc) is 2.38. The lowest BCUT2D eigenvalue weighted by molar-refractivity contribution is -0.137. The summed E-state index contributed by atoms with van der Waals surface area (Å²) in [6.45, 7) is 3.16. The van der Waals surface area contributed by atoms with Crippen LogP contribution in [-0.2, 0) is 19.6 Å². The fourth-order valence-electron chi connectivity index (χ4n) is 2.06. The van der Waals surface area contributed by atoms with Gasteiger partial charge in [-0.3, -0.25) is 9.59 Å².